The van der Waals surface area contributed by atoms with Crippen molar-refractivity contribution in [2.75, 3.05) is 38.0 Å². The Morgan fingerprint density at radius 2 is 2.00 bits per heavy atom. The largest absolute Gasteiger partial charge is 0.495 e. The Kier molecular flexibility index (Phi) is 5.14. The molecule has 1 aromatic carbocycles. The lowest BCUT2D eigenvalue weighted by Gasteiger charge is -2.10. The first-order chi connectivity index (χ1) is 9.83. The lowest BCUT2D eigenvalue weighted by Crippen LogP contribution is -2.09. The SMILES string of the molecule is COCCNc1ccnc(Nc2ccccc2OC)n1. The second kappa shape index (κ2) is 7.30. The average molecular weight is 274 g/mol. The van der Waals surface area contributed by atoms with Crippen LogP contribution in [0.25, 0.3) is 0 Å². The summed E-state index contributed by atoms with van der Waals surface area (Å²) < 4.78 is 10.3. The van der Waals surface area contributed by atoms with E-state index >= 15 is 0 Å². The van der Waals surface area contributed by atoms with Crippen LogP contribution in [-0.2, 0) is 4.74 Å². The molecular formula is C14H18N4O2. The van der Waals surface area contributed by atoms with Gasteiger partial charge in [-0.3, -0.25) is 0 Å². The summed E-state index contributed by atoms with van der Waals surface area (Å²) >= 11 is 0. The number of benzene rings is 1. The molecule has 0 bridgehead atoms. The maximum atomic E-state index is 5.28. The maximum absolute atomic E-state index is 5.28. The van der Waals surface area contributed by atoms with E-state index in [-0.39, 0.29) is 0 Å². The van der Waals surface area contributed by atoms with E-state index in [2.05, 4.69) is 20.6 Å². The third kappa shape index (κ3) is 3.83. The van der Waals surface area contributed by atoms with E-state index in [1.165, 1.54) is 0 Å². The van der Waals surface area contributed by atoms with Crippen molar-refractivity contribution in [2.45, 2.75) is 0 Å². The fourth-order valence-electron chi connectivity index (χ4n) is 1.67. The van der Waals surface area contributed by atoms with Crippen molar-refractivity contribution in [2.24, 2.45) is 0 Å². The van der Waals surface area contributed by atoms with Gasteiger partial charge in [0.25, 0.3) is 0 Å². The predicted octanol–water partition coefficient (Wildman–Crippen LogP) is 2.29. The van der Waals surface area contributed by atoms with Gasteiger partial charge in [0, 0.05) is 19.9 Å². The highest BCUT2D eigenvalue weighted by Crippen LogP contribution is 2.25. The van der Waals surface area contributed by atoms with E-state index < -0.39 is 0 Å². The number of hydrogen-bond acceptors (Lipinski definition) is 6. The summed E-state index contributed by atoms with van der Waals surface area (Å²) in [6, 6.07) is 9.43. The number of ether oxygens (including phenoxy) is 2. The molecule has 2 N–H and O–H groups in total. The van der Waals surface area contributed by atoms with Gasteiger partial charge in [0.15, 0.2) is 0 Å². The first-order valence-electron chi connectivity index (χ1n) is 6.29. The molecule has 0 saturated carbocycles. The zero-order valence-corrected chi connectivity index (χ0v) is 11.6. The molecule has 20 heavy (non-hydrogen) atoms. The second-order valence-corrected chi connectivity index (χ2v) is 4.01. The van der Waals surface area contributed by atoms with E-state index in [4.69, 9.17) is 9.47 Å². The van der Waals surface area contributed by atoms with E-state index in [1.807, 2.05) is 30.3 Å². The van der Waals surface area contributed by atoms with Crippen molar-refractivity contribution >= 4 is 17.5 Å². The number of nitrogens with zero attached hydrogens (tertiary/aromatic N) is 2. The summed E-state index contributed by atoms with van der Waals surface area (Å²) in [6.07, 6.45) is 1.69. The molecule has 1 heterocycles. The van der Waals surface area contributed by atoms with Crippen LogP contribution in [0.1, 0.15) is 0 Å². The van der Waals surface area contributed by atoms with Gasteiger partial charge in [-0.2, -0.15) is 4.98 Å². The molecule has 1 aromatic heterocycles. The lowest BCUT2D eigenvalue weighted by molar-refractivity contribution is 0.210. The van der Waals surface area contributed by atoms with Gasteiger partial charge in [0.1, 0.15) is 11.6 Å². The normalized spacial score (nSPS) is 10.1. The lowest BCUT2D eigenvalue weighted by atomic mass is 10.3. The molecule has 0 atom stereocenters. The van der Waals surface area contributed by atoms with Crippen LogP contribution < -0.4 is 15.4 Å². The Morgan fingerprint density at radius 3 is 2.80 bits per heavy atom. The first kappa shape index (κ1) is 14.1. The number of anilines is 3. The highest BCUT2D eigenvalue weighted by molar-refractivity contribution is 5.62. The Bertz CT molecular complexity index is 548. The van der Waals surface area contributed by atoms with Crippen LogP contribution in [0.5, 0.6) is 5.75 Å². The van der Waals surface area contributed by atoms with Crippen molar-refractivity contribution in [1.82, 2.24) is 9.97 Å². The molecule has 0 aliphatic rings. The van der Waals surface area contributed by atoms with Crippen molar-refractivity contribution in [1.29, 1.82) is 0 Å². The highest BCUT2D eigenvalue weighted by Gasteiger charge is 2.04. The molecule has 0 unspecified atom stereocenters. The third-order valence-electron chi connectivity index (χ3n) is 2.62. The quantitative estimate of drug-likeness (QED) is 0.755. The molecule has 0 fully saturated rings. The Morgan fingerprint density at radius 1 is 1.15 bits per heavy atom. The van der Waals surface area contributed by atoms with Crippen LogP contribution in [0.15, 0.2) is 36.5 Å². The average Bonchev–Trinajstić information content (AvgIpc) is 2.48. The third-order valence-corrected chi connectivity index (χ3v) is 2.62. The summed E-state index contributed by atoms with van der Waals surface area (Å²) in [5.41, 5.74) is 0.823. The summed E-state index contributed by atoms with van der Waals surface area (Å²) in [4.78, 5) is 8.56. The molecule has 2 aromatic rings. The number of nitrogens with one attached hydrogen (secondary N) is 2. The maximum Gasteiger partial charge on any atom is 0.229 e. The van der Waals surface area contributed by atoms with Gasteiger partial charge in [-0.05, 0) is 18.2 Å². The Hall–Kier alpha value is -2.34. The summed E-state index contributed by atoms with van der Waals surface area (Å²) in [7, 11) is 3.29. The molecule has 106 valence electrons. The molecule has 6 nitrogen and oxygen atoms in total. The van der Waals surface area contributed by atoms with E-state index in [9.17, 15) is 0 Å². The molecule has 2 rings (SSSR count). The predicted molar refractivity (Wildman–Crippen MR) is 78.7 cm³/mol. The van der Waals surface area contributed by atoms with Gasteiger partial charge < -0.3 is 20.1 Å². The molecule has 0 spiro atoms. The van der Waals surface area contributed by atoms with E-state index in [0.717, 1.165) is 17.3 Å². The molecular weight excluding hydrogens is 256 g/mol. The van der Waals surface area contributed by atoms with Gasteiger partial charge >= 0.3 is 0 Å². The number of aromatic nitrogens is 2. The van der Waals surface area contributed by atoms with Gasteiger partial charge in [-0.25, -0.2) is 4.98 Å². The number of hydrogen-bond donors (Lipinski definition) is 2. The van der Waals surface area contributed by atoms with Crippen molar-refractivity contribution < 1.29 is 9.47 Å². The van der Waals surface area contributed by atoms with Crippen molar-refractivity contribution in [3.8, 4) is 5.75 Å². The summed E-state index contributed by atoms with van der Waals surface area (Å²) in [5.74, 6) is 2.00. The standard InChI is InChI=1S/C14H18N4O2/c1-19-10-9-15-13-7-8-16-14(18-13)17-11-5-3-4-6-12(11)20-2/h3-8H,9-10H2,1-2H3,(H2,15,16,17,18). The minimum absolute atomic E-state index is 0.511. The van der Waals surface area contributed by atoms with E-state index in [1.54, 1.807) is 20.4 Å². The molecule has 0 aliphatic heterocycles. The monoisotopic (exact) mass is 274 g/mol. The van der Waals surface area contributed by atoms with Crippen LogP contribution in [0.3, 0.4) is 0 Å². The van der Waals surface area contributed by atoms with Gasteiger partial charge in [0.2, 0.25) is 5.95 Å². The fourth-order valence-corrected chi connectivity index (χ4v) is 1.67. The Balaban J connectivity index is 2.07. The van der Waals surface area contributed by atoms with Crippen LogP contribution in [0, 0.1) is 0 Å². The molecule has 6 heteroatoms. The summed E-state index contributed by atoms with van der Waals surface area (Å²) in [5, 5.41) is 6.29. The molecule has 0 radical (unpaired) electrons. The van der Waals surface area contributed by atoms with E-state index in [0.29, 0.717) is 19.1 Å². The number of methoxy groups -OCH3 is 2. The van der Waals surface area contributed by atoms with Gasteiger partial charge in [-0.1, -0.05) is 12.1 Å². The van der Waals surface area contributed by atoms with Crippen molar-refractivity contribution in [3.63, 3.8) is 0 Å². The zero-order valence-electron chi connectivity index (χ0n) is 11.6. The zero-order chi connectivity index (χ0) is 14.2. The van der Waals surface area contributed by atoms with Crippen LogP contribution >= 0.6 is 0 Å². The highest BCUT2D eigenvalue weighted by atomic mass is 16.5. The number of para-hydroxylation sites is 2. The van der Waals surface area contributed by atoms with Gasteiger partial charge in [-0.15, -0.1) is 0 Å². The van der Waals surface area contributed by atoms with Gasteiger partial charge in [0.05, 0.1) is 19.4 Å². The van der Waals surface area contributed by atoms with Crippen LogP contribution in [-0.4, -0.2) is 37.3 Å². The molecule has 0 saturated heterocycles. The topological polar surface area (TPSA) is 68.3 Å². The minimum Gasteiger partial charge on any atom is -0.495 e. The number of rotatable bonds is 7. The Labute approximate surface area is 118 Å². The second-order valence-electron chi connectivity index (χ2n) is 4.01. The smallest absolute Gasteiger partial charge is 0.229 e. The van der Waals surface area contributed by atoms with Crippen LogP contribution in [0.4, 0.5) is 17.5 Å². The first-order valence-corrected chi connectivity index (χ1v) is 6.29. The fraction of sp³-hybridized carbons (Fsp3) is 0.286. The van der Waals surface area contributed by atoms with Crippen LogP contribution in [0.2, 0.25) is 0 Å². The summed E-state index contributed by atoms with van der Waals surface area (Å²) in [6.45, 7) is 1.32. The molecule has 0 amide bonds. The van der Waals surface area contributed by atoms with Crippen molar-refractivity contribution in [3.05, 3.63) is 36.5 Å². The minimum atomic E-state index is 0.511. The molecule has 0 aliphatic carbocycles.